The Kier molecular flexibility index (Phi) is 7.98. The van der Waals surface area contributed by atoms with Crippen molar-refractivity contribution in [1.29, 1.82) is 0 Å². The van der Waals surface area contributed by atoms with Crippen LogP contribution in [-0.4, -0.2) is 43.8 Å². The van der Waals surface area contributed by atoms with Crippen LogP contribution in [0.5, 0.6) is 0 Å². The van der Waals surface area contributed by atoms with E-state index >= 15 is 0 Å². The van der Waals surface area contributed by atoms with E-state index in [1.54, 1.807) is 7.11 Å². The molecule has 98 valence electrons. The molecule has 0 saturated carbocycles. The second kappa shape index (κ2) is 8.04. The van der Waals surface area contributed by atoms with Crippen LogP contribution in [0.1, 0.15) is 40.5 Å². The van der Waals surface area contributed by atoms with Crippen molar-refractivity contribution in [3.63, 3.8) is 0 Å². The minimum absolute atomic E-state index is 0.0208. The fraction of sp³-hybridized carbons (Fsp3) is 1.00. The Hall–Kier alpha value is -0.120. The van der Waals surface area contributed by atoms with Crippen molar-refractivity contribution < 1.29 is 4.74 Å². The summed E-state index contributed by atoms with van der Waals surface area (Å²) in [6.07, 6.45) is 2.26. The molecule has 0 amide bonds. The van der Waals surface area contributed by atoms with Crippen LogP contribution < -0.4 is 5.73 Å². The molecule has 0 heterocycles. The van der Waals surface area contributed by atoms with Crippen LogP contribution in [0.15, 0.2) is 0 Å². The third kappa shape index (κ3) is 4.04. The molecule has 0 aromatic rings. The summed E-state index contributed by atoms with van der Waals surface area (Å²) in [6, 6.07) is 0. The summed E-state index contributed by atoms with van der Waals surface area (Å²) >= 11 is 0. The van der Waals surface area contributed by atoms with Crippen molar-refractivity contribution in [2.75, 3.05) is 33.4 Å². The standard InChI is InChI=1S/C13H30N2O/c1-6-12(4)9-15(8-3)13(7-2,10-14)11-16-5/h12H,6-11,14H2,1-5H3. The second-order valence-electron chi connectivity index (χ2n) is 4.77. The van der Waals surface area contributed by atoms with Crippen molar-refractivity contribution in [2.24, 2.45) is 11.7 Å². The largest absolute Gasteiger partial charge is 0.383 e. The van der Waals surface area contributed by atoms with Gasteiger partial charge in [-0.2, -0.15) is 0 Å². The Balaban J connectivity index is 4.68. The second-order valence-corrected chi connectivity index (χ2v) is 4.77. The first kappa shape index (κ1) is 15.9. The minimum Gasteiger partial charge on any atom is -0.383 e. The zero-order valence-corrected chi connectivity index (χ0v) is 11.8. The van der Waals surface area contributed by atoms with Gasteiger partial charge in [0.2, 0.25) is 0 Å². The van der Waals surface area contributed by atoms with Crippen LogP contribution in [0, 0.1) is 5.92 Å². The van der Waals surface area contributed by atoms with E-state index < -0.39 is 0 Å². The number of rotatable bonds is 9. The van der Waals surface area contributed by atoms with Crippen LogP contribution >= 0.6 is 0 Å². The van der Waals surface area contributed by atoms with E-state index in [4.69, 9.17) is 10.5 Å². The topological polar surface area (TPSA) is 38.5 Å². The highest BCUT2D eigenvalue weighted by atomic mass is 16.5. The summed E-state index contributed by atoms with van der Waals surface area (Å²) in [4.78, 5) is 2.49. The Morgan fingerprint density at radius 1 is 1.31 bits per heavy atom. The molecule has 0 aromatic carbocycles. The molecule has 0 aromatic heterocycles. The van der Waals surface area contributed by atoms with E-state index in [-0.39, 0.29) is 5.54 Å². The first-order valence-electron chi connectivity index (χ1n) is 6.54. The highest BCUT2D eigenvalue weighted by Crippen LogP contribution is 2.21. The van der Waals surface area contributed by atoms with Crippen molar-refractivity contribution in [3.05, 3.63) is 0 Å². The molecular weight excluding hydrogens is 200 g/mol. The molecule has 3 heteroatoms. The van der Waals surface area contributed by atoms with E-state index in [0.717, 1.165) is 26.1 Å². The van der Waals surface area contributed by atoms with Crippen molar-refractivity contribution in [3.8, 4) is 0 Å². The zero-order chi connectivity index (χ0) is 12.6. The van der Waals surface area contributed by atoms with E-state index in [9.17, 15) is 0 Å². The molecule has 0 rings (SSSR count). The maximum absolute atomic E-state index is 5.98. The SMILES string of the molecule is CCC(C)CN(CC)C(CC)(CN)COC. The summed E-state index contributed by atoms with van der Waals surface area (Å²) in [6.45, 7) is 12.5. The summed E-state index contributed by atoms with van der Waals surface area (Å²) in [5, 5.41) is 0. The minimum atomic E-state index is 0.0208. The average molecular weight is 230 g/mol. The lowest BCUT2D eigenvalue weighted by Crippen LogP contribution is -2.57. The third-order valence-corrected chi connectivity index (χ3v) is 3.73. The Morgan fingerprint density at radius 3 is 2.25 bits per heavy atom. The van der Waals surface area contributed by atoms with E-state index in [1.807, 2.05) is 0 Å². The Bertz CT molecular complexity index is 169. The van der Waals surface area contributed by atoms with Gasteiger partial charge in [0.1, 0.15) is 0 Å². The van der Waals surface area contributed by atoms with E-state index in [2.05, 4.69) is 32.6 Å². The van der Waals surface area contributed by atoms with Gasteiger partial charge in [0, 0.05) is 20.2 Å². The fourth-order valence-electron chi connectivity index (χ4n) is 2.18. The maximum atomic E-state index is 5.98. The van der Waals surface area contributed by atoms with Crippen LogP contribution in [0.25, 0.3) is 0 Å². The molecule has 0 saturated heterocycles. The quantitative estimate of drug-likeness (QED) is 0.659. The Morgan fingerprint density at radius 2 is 1.94 bits per heavy atom. The van der Waals surface area contributed by atoms with Gasteiger partial charge in [0.05, 0.1) is 12.1 Å². The molecule has 0 bridgehead atoms. The molecule has 2 unspecified atom stereocenters. The lowest BCUT2D eigenvalue weighted by Gasteiger charge is -2.43. The van der Waals surface area contributed by atoms with Gasteiger partial charge < -0.3 is 10.5 Å². The van der Waals surface area contributed by atoms with Gasteiger partial charge in [0.25, 0.3) is 0 Å². The van der Waals surface area contributed by atoms with Crippen molar-refractivity contribution in [2.45, 2.75) is 46.1 Å². The third-order valence-electron chi connectivity index (χ3n) is 3.73. The number of nitrogens with zero attached hydrogens (tertiary/aromatic N) is 1. The van der Waals surface area contributed by atoms with Crippen molar-refractivity contribution in [1.82, 2.24) is 4.90 Å². The predicted molar refractivity (Wildman–Crippen MR) is 70.7 cm³/mol. The van der Waals surface area contributed by atoms with Crippen LogP contribution in [0.2, 0.25) is 0 Å². The van der Waals surface area contributed by atoms with Gasteiger partial charge in [-0.15, -0.1) is 0 Å². The van der Waals surface area contributed by atoms with Gasteiger partial charge in [0.15, 0.2) is 0 Å². The van der Waals surface area contributed by atoms with Gasteiger partial charge in [-0.25, -0.2) is 0 Å². The molecule has 0 aliphatic heterocycles. The smallest absolute Gasteiger partial charge is 0.0658 e. The number of methoxy groups -OCH3 is 1. The molecular formula is C13H30N2O. The lowest BCUT2D eigenvalue weighted by molar-refractivity contribution is 0.00680. The fourth-order valence-corrected chi connectivity index (χ4v) is 2.18. The molecule has 2 atom stereocenters. The number of likely N-dealkylation sites (N-methyl/N-ethyl adjacent to an activating group) is 1. The highest BCUT2D eigenvalue weighted by molar-refractivity contribution is 4.90. The average Bonchev–Trinajstić information content (AvgIpc) is 2.33. The van der Waals surface area contributed by atoms with Gasteiger partial charge in [-0.1, -0.05) is 34.1 Å². The molecule has 0 radical (unpaired) electrons. The Labute approximate surface area is 101 Å². The summed E-state index contributed by atoms with van der Waals surface area (Å²) in [5.41, 5.74) is 6.00. The molecule has 0 spiro atoms. The molecule has 0 fully saturated rings. The first-order valence-corrected chi connectivity index (χ1v) is 6.54. The highest BCUT2D eigenvalue weighted by Gasteiger charge is 2.33. The summed E-state index contributed by atoms with van der Waals surface area (Å²) < 4.78 is 5.37. The number of hydrogen-bond acceptors (Lipinski definition) is 3. The van der Waals surface area contributed by atoms with Gasteiger partial charge in [-0.05, 0) is 18.9 Å². The molecule has 16 heavy (non-hydrogen) atoms. The maximum Gasteiger partial charge on any atom is 0.0658 e. The lowest BCUT2D eigenvalue weighted by atomic mass is 9.93. The normalized spacial score (nSPS) is 17.4. The zero-order valence-electron chi connectivity index (χ0n) is 11.8. The first-order chi connectivity index (χ1) is 7.60. The van der Waals surface area contributed by atoms with Crippen LogP contribution in [0.4, 0.5) is 0 Å². The van der Waals surface area contributed by atoms with Gasteiger partial charge >= 0.3 is 0 Å². The van der Waals surface area contributed by atoms with E-state index in [0.29, 0.717) is 12.5 Å². The monoisotopic (exact) mass is 230 g/mol. The molecule has 0 aliphatic carbocycles. The number of nitrogens with two attached hydrogens (primary N) is 1. The van der Waals surface area contributed by atoms with Crippen LogP contribution in [-0.2, 0) is 4.74 Å². The van der Waals surface area contributed by atoms with Crippen LogP contribution in [0.3, 0.4) is 0 Å². The van der Waals surface area contributed by atoms with Gasteiger partial charge in [-0.3, -0.25) is 4.90 Å². The molecule has 3 nitrogen and oxygen atoms in total. The summed E-state index contributed by atoms with van der Waals surface area (Å²) in [5.74, 6) is 0.717. The van der Waals surface area contributed by atoms with Crippen molar-refractivity contribution >= 4 is 0 Å². The molecule has 2 N–H and O–H groups in total. The molecule has 0 aliphatic rings. The van der Waals surface area contributed by atoms with E-state index in [1.165, 1.54) is 6.42 Å². The number of hydrogen-bond donors (Lipinski definition) is 1. The summed E-state index contributed by atoms with van der Waals surface area (Å²) in [7, 11) is 1.76. The predicted octanol–water partition coefficient (Wildman–Crippen LogP) is 2.11. The number of ether oxygens (including phenoxy) is 1.